The van der Waals surface area contributed by atoms with Gasteiger partial charge in [-0.1, -0.05) is 42.5 Å². The molecule has 2 aromatic carbocycles. The van der Waals surface area contributed by atoms with Crippen molar-refractivity contribution in [3.63, 3.8) is 0 Å². The molecule has 0 radical (unpaired) electrons. The Kier molecular flexibility index (Phi) is 6.09. The third kappa shape index (κ3) is 4.08. The molecule has 1 aliphatic heterocycles. The summed E-state index contributed by atoms with van der Waals surface area (Å²) in [5, 5.41) is 10.8. The average Bonchev–Trinajstić information content (AvgIpc) is 2.78. The third-order valence-electron chi connectivity index (χ3n) is 6.10. The molecule has 0 unspecified atom stereocenters. The van der Waals surface area contributed by atoms with Gasteiger partial charge in [0.2, 0.25) is 0 Å². The molecule has 0 spiro atoms. The summed E-state index contributed by atoms with van der Waals surface area (Å²) in [7, 11) is 0. The number of aryl methyl sites for hydroxylation is 1. The van der Waals surface area contributed by atoms with Gasteiger partial charge in [-0.05, 0) is 37.6 Å². The molecule has 0 saturated carbocycles. The van der Waals surface area contributed by atoms with E-state index in [0.717, 1.165) is 11.3 Å². The van der Waals surface area contributed by atoms with Crippen LogP contribution in [0.4, 0.5) is 10.1 Å². The summed E-state index contributed by atoms with van der Waals surface area (Å²) in [4.78, 5) is 17.6. The van der Waals surface area contributed by atoms with Crippen molar-refractivity contribution >= 4 is 5.69 Å². The summed E-state index contributed by atoms with van der Waals surface area (Å²) in [6.07, 6.45) is 0. The van der Waals surface area contributed by atoms with Crippen LogP contribution < -0.4 is 10.5 Å². The largest absolute Gasteiger partial charge is 0.507 e. The number of anilines is 1. The van der Waals surface area contributed by atoms with Gasteiger partial charge in [-0.3, -0.25) is 9.69 Å². The highest BCUT2D eigenvalue weighted by Crippen LogP contribution is 2.34. The molecule has 0 amide bonds. The summed E-state index contributed by atoms with van der Waals surface area (Å²) < 4.78 is 15.9. The molecule has 4 rings (SSSR count). The van der Waals surface area contributed by atoms with Crippen LogP contribution in [0.1, 0.15) is 29.8 Å². The molecular weight excluding hydrogens is 393 g/mol. The highest BCUT2D eigenvalue weighted by molar-refractivity contribution is 5.48. The number of rotatable bonds is 5. The van der Waals surface area contributed by atoms with E-state index in [-0.39, 0.29) is 23.2 Å². The van der Waals surface area contributed by atoms with Crippen LogP contribution in [0.5, 0.6) is 5.75 Å². The summed E-state index contributed by atoms with van der Waals surface area (Å²) >= 11 is 0. The topological polar surface area (TPSA) is 48.7 Å². The predicted octanol–water partition coefficient (Wildman–Crippen LogP) is 3.93. The van der Waals surface area contributed by atoms with E-state index in [1.165, 1.54) is 6.07 Å². The molecule has 1 atom stereocenters. The first-order valence-corrected chi connectivity index (χ1v) is 10.7. The first kappa shape index (κ1) is 21.1. The van der Waals surface area contributed by atoms with Crippen molar-refractivity contribution in [1.29, 1.82) is 0 Å². The van der Waals surface area contributed by atoms with E-state index in [1.54, 1.807) is 22.8 Å². The quantitative estimate of drug-likeness (QED) is 0.678. The van der Waals surface area contributed by atoms with Crippen molar-refractivity contribution < 1.29 is 9.50 Å². The monoisotopic (exact) mass is 421 g/mol. The number of pyridine rings is 1. The fourth-order valence-electron chi connectivity index (χ4n) is 4.54. The van der Waals surface area contributed by atoms with Crippen molar-refractivity contribution in [3.8, 4) is 5.75 Å². The predicted molar refractivity (Wildman–Crippen MR) is 121 cm³/mol. The number of nitrogens with zero attached hydrogens (tertiary/aromatic N) is 3. The lowest BCUT2D eigenvalue weighted by Crippen LogP contribution is -2.49. The second-order valence-corrected chi connectivity index (χ2v) is 7.92. The number of aromatic hydroxyl groups is 1. The lowest BCUT2D eigenvalue weighted by molar-refractivity contribution is 0.207. The van der Waals surface area contributed by atoms with E-state index in [1.807, 2.05) is 55.1 Å². The van der Waals surface area contributed by atoms with Gasteiger partial charge in [0.1, 0.15) is 11.6 Å². The van der Waals surface area contributed by atoms with Gasteiger partial charge in [-0.2, -0.15) is 0 Å². The van der Waals surface area contributed by atoms with Gasteiger partial charge in [0, 0.05) is 38.4 Å². The molecule has 2 heterocycles. The molecule has 162 valence electrons. The van der Waals surface area contributed by atoms with Gasteiger partial charge in [0.15, 0.2) is 0 Å². The first-order chi connectivity index (χ1) is 15.0. The minimum atomic E-state index is -0.366. The van der Waals surface area contributed by atoms with Crippen LogP contribution >= 0.6 is 0 Å². The van der Waals surface area contributed by atoms with E-state index >= 15 is 0 Å². The summed E-state index contributed by atoms with van der Waals surface area (Å²) in [6, 6.07) is 17.9. The van der Waals surface area contributed by atoms with Crippen molar-refractivity contribution in [1.82, 2.24) is 9.47 Å². The Morgan fingerprint density at radius 2 is 1.65 bits per heavy atom. The first-order valence-electron chi connectivity index (χ1n) is 10.7. The molecule has 1 aliphatic rings. The molecule has 0 bridgehead atoms. The summed E-state index contributed by atoms with van der Waals surface area (Å²) in [6.45, 7) is 6.87. The zero-order valence-corrected chi connectivity index (χ0v) is 18.0. The van der Waals surface area contributed by atoms with E-state index in [0.29, 0.717) is 44.0 Å². The second kappa shape index (κ2) is 8.94. The van der Waals surface area contributed by atoms with Crippen LogP contribution in [0.15, 0.2) is 65.5 Å². The Hall–Kier alpha value is -3.12. The number of hydrogen-bond acceptors (Lipinski definition) is 4. The van der Waals surface area contributed by atoms with Gasteiger partial charge >= 0.3 is 0 Å². The fourth-order valence-corrected chi connectivity index (χ4v) is 4.54. The van der Waals surface area contributed by atoms with E-state index in [2.05, 4.69) is 4.90 Å². The number of para-hydroxylation sites is 1. The Morgan fingerprint density at radius 1 is 1.00 bits per heavy atom. The number of hydrogen-bond donors (Lipinski definition) is 1. The molecule has 1 N–H and O–H groups in total. The van der Waals surface area contributed by atoms with Gasteiger partial charge in [-0.25, -0.2) is 4.39 Å². The molecule has 5 nitrogen and oxygen atoms in total. The second-order valence-electron chi connectivity index (χ2n) is 7.92. The number of halogens is 1. The van der Waals surface area contributed by atoms with Crippen LogP contribution in [0, 0.1) is 12.7 Å². The van der Waals surface area contributed by atoms with Crippen molar-refractivity contribution in [2.75, 3.05) is 31.1 Å². The standard InChI is InChI=1S/C25H28FN3O2/c1-3-29-18(2)17-22(30)23(25(29)31)24(19-9-5-4-6-10-19)28-15-13-27(14-16-28)21-12-8-7-11-20(21)26/h4-12,17,24,30H,3,13-16H2,1-2H3/t24-/m1/s1. The van der Waals surface area contributed by atoms with Gasteiger partial charge in [-0.15, -0.1) is 0 Å². The van der Waals surface area contributed by atoms with Crippen LogP contribution in [-0.4, -0.2) is 40.8 Å². The molecule has 6 heteroatoms. The normalized spacial score (nSPS) is 15.8. The Bertz CT molecular complexity index is 1110. The van der Waals surface area contributed by atoms with Gasteiger partial charge < -0.3 is 14.6 Å². The Labute approximate surface area is 182 Å². The number of aromatic nitrogens is 1. The highest BCUT2D eigenvalue weighted by atomic mass is 19.1. The molecule has 3 aromatic rings. The average molecular weight is 422 g/mol. The van der Waals surface area contributed by atoms with Crippen LogP contribution in [-0.2, 0) is 6.54 Å². The van der Waals surface area contributed by atoms with Crippen molar-refractivity contribution in [2.45, 2.75) is 26.4 Å². The molecule has 1 fully saturated rings. The van der Waals surface area contributed by atoms with Crippen LogP contribution in [0.25, 0.3) is 0 Å². The van der Waals surface area contributed by atoms with Gasteiger partial charge in [0.25, 0.3) is 5.56 Å². The Balaban J connectivity index is 1.71. The zero-order chi connectivity index (χ0) is 22.0. The van der Waals surface area contributed by atoms with Crippen molar-refractivity contribution in [2.24, 2.45) is 0 Å². The SMILES string of the molecule is CCn1c(C)cc(O)c([C@@H](c2ccccc2)N2CCN(c3ccccc3F)CC2)c1=O. The maximum atomic E-state index is 14.3. The maximum absolute atomic E-state index is 14.3. The minimum Gasteiger partial charge on any atom is -0.507 e. The number of benzene rings is 2. The highest BCUT2D eigenvalue weighted by Gasteiger charge is 2.31. The molecule has 1 saturated heterocycles. The van der Waals surface area contributed by atoms with E-state index in [4.69, 9.17) is 0 Å². The van der Waals surface area contributed by atoms with Crippen molar-refractivity contribution in [3.05, 3.63) is 93.7 Å². The summed E-state index contributed by atoms with van der Waals surface area (Å²) in [5.74, 6) is -0.199. The molecule has 1 aromatic heterocycles. The molecule has 31 heavy (non-hydrogen) atoms. The van der Waals surface area contributed by atoms with E-state index < -0.39 is 0 Å². The lowest BCUT2D eigenvalue weighted by atomic mass is 9.96. The molecule has 0 aliphatic carbocycles. The zero-order valence-electron chi connectivity index (χ0n) is 18.0. The molecular formula is C25H28FN3O2. The third-order valence-corrected chi connectivity index (χ3v) is 6.10. The van der Waals surface area contributed by atoms with E-state index in [9.17, 15) is 14.3 Å². The minimum absolute atomic E-state index is 0.0255. The smallest absolute Gasteiger partial charge is 0.259 e. The summed E-state index contributed by atoms with van der Waals surface area (Å²) in [5.41, 5.74) is 2.54. The lowest BCUT2D eigenvalue weighted by Gasteiger charge is -2.40. The van der Waals surface area contributed by atoms with Crippen LogP contribution in [0.2, 0.25) is 0 Å². The Morgan fingerprint density at radius 3 is 2.29 bits per heavy atom. The fraction of sp³-hybridized carbons (Fsp3) is 0.320. The number of piperazine rings is 1. The maximum Gasteiger partial charge on any atom is 0.259 e. The van der Waals surface area contributed by atoms with Gasteiger partial charge in [0.05, 0.1) is 17.3 Å². The van der Waals surface area contributed by atoms with Crippen LogP contribution in [0.3, 0.4) is 0 Å².